The molecular weight excluding hydrogens is 236 g/mol. The number of rotatable bonds is 3. The maximum atomic E-state index is 11.6. The predicted molar refractivity (Wildman–Crippen MR) is 64.5 cm³/mol. The van der Waals surface area contributed by atoms with Gasteiger partial charge in [-0.1, -0.05) is 6.92 Å². The molecule has 0 radical (unpaired) electrons. The normalized spacial score (nSPS) is 29.0. The molecule has 0 aromatic rings. The van der Waals surface area contributed by atoms with E-state index in [0.29, 0.717) is 11.5 Å². The zero-order valence-electron chi connectivity index (χ0n) is 9.06. The van der Waals surface area contributed by atoms with E-state index in [1.807, 2.05) is 13.8 Å². The molecule has 6 heteroatoms. The van der Waals surface area contributed by atoms with Gasteiger partial charge in [-0.2, -0.15) is 0 Å². The van der Waals surface area contributed by atoms with E-state index in [1.54, 1.807) is 0 Å². The summed E-state index contributed by atoms with van der Waals surface area (Å²) in [5.41, 5.74) is 5.62. The van der Waals surface area contributed by atoms with Crippen molar-refractivity contribution in [3.05, 3.63) is 0 Å². The van der Waals surface area contributed by atoms with Crippen LogP contribution in [0.4, 0.5) is 0 Å². The van der Waals surface area contributed by atoms with Crippen LogP contribution in [0.3, 0.4) is 0 Å². The fourth-order valence-electron chi connectivity index (χ4n) is 1.35. The molecule has 1 aliphatic heterocycles. The summed E-state index contributed by atoms with van der Waals surface area (Å²) in [6.07, 6.45) is 0.823. The molecule has 4 atom stereocenters. The van der Waals surface area contributed by atoms with Gasteiger partial charge in [0.15, 0.2) is 0 Å². The second-order valence-electron chi connectivity index (χ2n) is 3.95. The minimum atomic E-state index is -0.739. The number of hydrogen-bond donors (Lipinski definition) is 2. The van der Waals surface area contributed by atoms with E-state index in [-0.39, 0.29) is 36.3 Å². The summed E-state index contributed by atoms with van der Waals surface area (Å²) in [5, 5.41) is 2.88. The lowest BCUT2D eigenvalue weighted by Crippen LogP contribution is -2.43. The predicted octanol–water partition coefficient (Wildman–Crippen LogP) is 0.0287. The molecule has 4 nitrogen and oxygen atoms in total. The number of carbonyl (C=O) groups is 1. The Bertz CT molecular complexity index is 248. The first-order valence-electron chi connectivity index (χ1n) is 4.91. The lowest BCUT2D eigenvalue weighted by molar-refractivity contribution is -0.125. The van der Waals surface area contributed by atoms with E-state index in [4.69, 9.17) is 5.73 Å². The second-order valence-corrected chi connectivity index (χ2v) is 5.57. The molecule has 1 aliphatic rings. The van der Waals surface area contributed by atoms with Crippen LogP contribution in [0.25, 0.3) is 0 Å². The first kappa shape index (κ1) is 14.9. The number of nitrogens with two attached hydrogens (primary N) is 1. The molecule has 1 fully saturated rings. The molecule has 1 rings (SSSR count). The van der Waals surface area contributed by atoms with E-state index in [2.05, 4.69) is 5.32 Å². The number of hydrogen-bond acceptors (Lipinski definition) is 3. The molecule has 1 heterocycles. The van der Waals surface area contributed by atoms with Gasteiger partial charge in [0.25, 0.3) is 0 Å². The number of nitrogens with one attached hydrogen (secondary N) is 1. The van der Waals surface area contributed by atoms with Crippen LogP contribution in [0.2, 0.25) is 0 Å². The van der Waals surface area contributed by atoms with Crippen molar-refractivity contribution in [3.8, 4) is 0 Å². The molecule has 0 aromatic carbocycles. The maximum absolute atomic E-state index is 11.6. The van der Waals surface area contributed by atoms with Crippen LogP contribution in [-0.4, -0.2) is 33.7 Å². The van der Waals surface area contributed by atoms with E-state index < -0.39 is 10.8 Å². The van der Waals surface area contributed by atoms with Crippen molar-refractivity contribution in [1.29, 1.82) is 0 Å². The highest BCUT2D eigenvalue weighted by Crippen LogP contribution is 2.09. The lowest BCUT2D eigenvalue weighted by atomic mass is 10.0. The van der Waals surface area contributed by atoms with Gasteiger partial charge in [0, 0.05) is 40.3 Å². The van der Waals surface area contributed by atoms with Gasteiger partial charge in [-0.05, 0) is 13.3 Å². The third kappa shape index (κ3) is 4.49. The quantitative estimate of drug-likeness (QED) is 0.746. The van der Waals surface area contributed by atoms with Gasteiger partial charge < -0.3 is 11.1 Å². The highest BCUT2D eigenvalue weighted by Gasteiger charge is 2.25. The van der Waals surface area contributed by atoms with E-state index in [1.165, 1.54) is 0 Å². The molecule has 3 N–H and O–H groups in total. The first-order chi connectivity index (χ1) is 6.50. The Morgan fingerprint density at radius 2 is 2.13 bits per heavy atom. The SMILES string of the molecule is CC(N)C(C)C(=O)NC1CCS(=O)C1.Cl. The minimum Gasteiger partial charge on any atom is -0.352 e. The molecule has 1 saturated heterocycles. The van der Waals surface area contributed by atoms with Crippen molar-refractivity contribution >= 4 is 29.1 Å². The zero-order chi connectivity index (χ0) is 10.7. The Morgan fingerprint density at radius 3 is 2.53 bits per heavy atom. The molecule has 0 bridgehead atoms. The molecule has 15 heavy (non-hydrogen) atoms. The van der Waals surface area contributed by atoms with Crippen LogP contribution in [0.15, 0.2) is 0 Å². The fourth-order valence-corrected chi connectivity index (χ4v) is 2.76. The Balaban J connectivity index is 0.00000196. The average molecular weight is 255 g/mol. The third-order valence-corrected chi connectivity index (χ3v) is 4.09. The molecule has 90 valence electrons. The van der Waals surface area contributed by atoms with Gasteiger partial charge in [0.05, 0.1) is 0 Å². The molecule has 4 unspecified atom stereocenters. The summed E-state index contributed by atoms with van der Waals surface area (Å²) >= 11 is 0. The van der Waals surface area contributed by atoms with Crippen LogP contribution in [0, 0.1) is 5.92 Å². The Labute approximate surface area is 99.2 Å². The largest absolute Gasteiger partial charge is 0.352 e. The van der Waals surface area contributed by atoms with Crippen molar-refractivity contribution in [2.45, 2.75) is 32.4 Å². The molecule has 0 aliphatic carbocycles. The van der Waals surface area contributed by atoms with Crippen molar-refractivity contribution in [2.24, 2.45) is 11.7 Å². The van der Waals surface area contributed by atoms with Gasteiger partial charge in [-0.3, -0.25) is 9.00 Å². The highest BCUT2D eigenvalue weighted by atomic mass is 35.5. The van der Waals surface area contributed by atoms with Crippen molar-refractivity contribution in [2.75, 3.05) is 11.5 Å². The number of halogens is 1. The smallest absolute Gasteiger partial charge is 0.224 e. The van der Waals surface area contributed by atoms with Crippen molar-refractivity contribution in [3.63, 3.8) is 0 Å². The average Bonchev–Trinajstić information content (AvgIpc) is 2.49. The fraction of sp³-hybridized carbons (Fsp3) is 0.889. The van der Waals surface area contributed by atoms with Gasteiger partial charge in [0.1, 0.15) is 0 Å². The second kappa shape index (κ2) is 6.45. The molecular formula is C9H19ClN2O2S. The van der Waals surface area contributed by atoms with E-state index >= 15 is 0 Å². The van der Waals surface area contributed by atoms with Crippen LogP contribution in [0.5, 0.6) is 0 Å². The van der Waals surface area contributed by atoms with Crippen LogP contribution < -0.4 is 11.1 Å². The van der Waals surface area contributed by atoms with Gasteiger partial charge in [0.2, 0.25) is 5.91 Å². The summed E-state index contributed by atoms with van der Waals surface area (Å²) in [4.78, 5) is 11.6. The minimum absolute atomic E-state index is 0. The third-order valence-electron chi connectivity index (χ3n) is 2.63. The molecule has 1 amide bonds. The van der Waals surface area contributed by atoms with Crippen LogP contribution in [0.1, 0.15) is 20.3 Å². The monoisotopic (exact) mass is 254 g/mol. The van der Waals surface area contributed by atoms with Crippen LogP contribution >= 0.6 is 12.4 Å². The summed E-state index contributed by atoms with van der Waals surface area (Å²) in [7, 11) is -0.739. The Kier molecular flexibility index (Phi) is 6.40. The molecule has 0 saturated carbocycles. The molecule has 0 aromatic heterocycles. The Morgan fingerprint density at radius 1 is 1.53 bits per heavy atom. The standard InChI is InChI=1S/C9H18N2O2S.ClH/c1-6(7(2)10)9(12)11-8-3-4-14(13)5-8;/h6-8H,3-5,10H2,1-2H3,(H,11,12);1H. The summed E-state index contributed by atoms with van der Waals surface area (Å²) in [5.74, 6) is 1.10. The summed E-state index contributed by atoms with van der Waals surface area (Å²) in [6, 6.07) is -0.0496. The molecule has 0 spiro atoms. The van der Waals surface area contributed by atoms with Gasteiger partial charge in [-0.15, -0.1) is 12.4 Å². The first-order valence-corrected chi connectivity index (χ1v) is 6.40. The van der Waals surface area contributed by atoms with Crippen molar-refractivity contribution in [1.82, 2.24) is 5.32 Å². The maximum Gasteiger partial charge on any atom is 0.224 e. The van der Waals surface area contributed by atoms with Crippen molar-refractivity contribution < 1.29 is 9.00 Å². The van der Waals surface area contributed by atoms with Gasteiger partial charge in [-0.25, -0.2) is 0 Å². The number of carbonyl (C=O) groups excluding carboxylic acids is 1. The lowest BCUT2D eigenvalue weighted by Gasteiger charge is -2.18. The summed E-state index contributed by atoms with van der Waals surface area (Å²) in [6.45, 7) is 3.63. The van der Waals surface area contributed by atoms with E-state index in [9.17, 15) is 9.00 Å². The Hall–Kier alpha value is -0.130. The van der Waals surface area contributed by atoms with Gasteiger partial charge >= 0.3 is 0 Å². The number of amides is 1. The summed E-state index contributed by atoms with van der Waals surface area (Å²) < 4.78 is 11.1. The highest BCUT2D eigenvalue weighted by molar-refractivity contribution is 7.85. The van der Waals surface area contributed by atoms with E-state index in [0.717, 1.165) is 6.42 Å². The topological polar surface area (TPSA) is 72.2 Å². The van der Waals surface area contributed by atoms with Crippen LogP contribution in [-0.2, 0) is 15.6 Å². The zero-order valence-corrected chi connectivity index (χ0v) is 10.7.